The van der Waals surface area contributed by atoms with Gasteiger partial charge in [0.1, 0.15) is 0 Å². The van der Waals surface area contributed by atoms with Crippen molar-refractivity contribution in [3.8, 4) is 0 Å². The lowest BCUT2D eigenvalue weighted by molar-refractivity contribution is 0.00345. The first-order valence-corrected chi connectivity index (χ1v) is 2.79. The summed E-state index contributed by atoms with van der Waals surface area (Å²) in [7, 11) is 4.21. The largest absolute Gasteiger partial charge is 0.453 e. The molecule has 0 aliphatic heterocycles. The Hall–Kier alpha value is -0.810. The molecule has 0 aromatic heterocycles. The smallest absolute Gasteiger partial charge is 0.412 e. The predicted octanol–water partition coefficient (Wildman–Crippen LogP) is -0.820. The van der Waals surface area contributed by atoms with Crippen molar-refractivity contribution in [3.05, 3.63) is 0 Å². The number of amides is 1. The molecule has 0 aromatic carbocycles. The van der Waals surface area contributed by atoms with Gasteiger partial charge in [0.05, 0.1) is 7.11 Å². The Labute approximate surface area is 59.6 Å². The molecule has 60 valence electrons. The number of hydrogen-bond acceptors (Lipinski definition) is 4. The molecular formula is C5H12N2O3. The van der Waals surface area contributed by atoms with E-state index in [9.17, 15) is 4.79 Å². The van der Waals surface area contributed by atoms with Crippen LogP contribution in [-0.2, 0) is 4.74 Å². The highest BCUT2D eigenvalue weighted by molar-refractivity contribution is 5.67. The van der Waals surface area contributed by atoms with Crippen LogP contribution in [0.2, 0.25) is 0 Å². The van der Waals surface area contributed by atoms with Crippen LogP contribution in [-0.4, -0.2) is 43.7 Å². The molecule has 1 unspecified atom stereocenters. The zero-order valence-corrected chi connectivity index (χ0v) is 6.29. The molecule has 0 aliphatic carbocycles. The maximum Gasteiger partial charge on any atom is 0.412 e. The van der Waals surface area contributed by atoms with E-state index in [2.05, 4.69) is 10.1 Å². The van der Waals surface area contributed by atoms with Gasteiger partial charge in [0.25, 0.3) is 0 Å². The van der Waals surface area contributed by atoms with Crippen molar-refractivity contribution < 1.29 is 14.6 Å². The summed E-state index contributed by atoms with van der Waals surface area (Å²) in [5.41, 5.74) is 0. The number of aliphatic hydroxyl groups excluding tert-OH is 1. The van der Waals surface area contributed by atoms with Gasteiger partial charge in [-0.05, 0) is 7.05 Å². The minimum Gasteiger partial charge on any atom is -0.453 e. The maximum absolute atomic E-state index is 10.6. The van der Waals surface area contributed by atoms with Gasteiger partial charge in [-0.25, -0.2) is 4.79 Å². The van der Waals surface area contributed by atoms with Crippen LogP contribution < -0.4 is 5.32 Å². The Morgan fingerprint density at radius 3 is 2.60 bits per heavy atom. The summed E-state index contributed by atoms with van der Waals surface area (Å²) in [6.07, 6.45) is -1.57. The molecule has 0 aliphatic rings. The minimum atomic E-state index is -0.993. The SMILES string of the molecule is CNC(O)N(C)C(=O)OC. The summed E-state index contributed by atoms with van der Waals surface area (Å²) >= 11 is 0. The Bertz CT molecular complexity index is 117. The zero-order valence-electron chi connectivity index (χ0n) is 6.29. The van der Waals surface area contributed by atoms with Crippen LogP contribution >= 0.6 is 0 Å². The average Bonchev–Trinajstić information content (AvgIpc) is 2.00. The summed E-state index contributed by atoms with van der Waals surface area (Å²) in [6.45, 7) is 0. The first-order chi connectivity index (χ1) is 4.63. The normalized spacial score (nSPS) is 12.4. The van der Waals surface area contributed by atoms with Gasteiger partial charge in [0.15, 0.2) is 6.35 Å². The molecule has 0 saturated heterocycles. The predicted molar refractivity (Wildman–Crippen MR) is 35.2 cm³/mol. The second-order valence-corrected chi connectivity index (χ2v) is 1.74. The zero-order chi connectivity index (χ0) is 8.15. The summed E-state index contributed by atoms with van der Waals surface area (Å²) in [6, 6.07) is 0. The number of nitrogens with zero attached hydrogens (tertiary/aromatic N) is 1. The Kier molecular flexibility index (Phi) is 3.75. The molecule has 5 nitrogen and oxygen atoms in total. The third kappa shape index (κ3) is 2.20. The van der Waals surface area contributed by atoms with Crippen LogP contribution in [0.15, 0.2) is 0 Å². The quantitative estimate of drug-likeness (QED) is 0.502. The fourth-order valence-corrected chi connectivity index (χ4v) is 0.437. The van der Waals surface area contributed by atoms with Crippen molar-refractivity contribution in [2.24, 2.45) is 0 Å². The van der Waals surface area contributed by atoms with Crippen LogP contribution in [0.1, 0.15) is 0 Å². The number of nitrogens with one attached hydrogen (secondary N) is 1. The van der Waals surface area contributed by atoms with Crippen molar-refractivity contribution in [3.63, 3.8) is 0 Å². The topological polar surface area (TPSA) is 61.8 Å². The van der Waals surface area contributed by atoms with E-state index < -0.39 is 12.4 Å². The van der Waals surface area contributed by atoms with E-state index in [0.29, 0.717) is 0 Å². The van der Waals surface area contributed by atoms with E-state index in [0.717, 1.165) is 4.90 Å². The monoisotopic (exact) mass is 148 g/mol. The van der Waals surface area contributed by atoms with Crippen molar-refractivity contribution in [1.82, 2.24) is 10.2 Å². The van der Waals surface area contributed by atoms with Gasteiger partial charge in [-0.1, -0.05) is 0 Å². The van der Waals surface area contributed by atoms with Gasteiger partial charge in [-0.2, -0.15) is 0 Å². The van der Waals surface area contributed by atoms with E-state index in [1.807, 2.05) is 0 Å². The van der Waals surface area contributed by atoms with E-state index in [4.69, 9.17) is 5.11 Å². The van der Waals surface area contributed by atoms with Crippen LogP contribution in [0.4, 0.5) is 4.79 Å². The summed E-state index contributed by atoms with van der Waals surface area (Å²) in [5.74, 6) is 0. The summed E-state index contributed by atoms with van der Waals surface area (Å²) in [4.78, 5) is 11.6. The number of rotatable bonds is 2. The van der Waals surface area contributed by atoms with Crippen molar-refractivity contribution in [1.29, 1.82) is 0 Å². The molecule has 0 bridgehead atoms. The fourth-order valence-electron chi connectivity index (χ4n) is 0.437. The van der Waals surface area contributed by atoms with Gasteiger partial charge in [0.2, 0.25) is 0 Å². The Morgan fingerprint density at radius 2 is 2.30 bits per heavy atom. The second kappa shape index (κ2) is 4.08. The molecule has 2 N–H and O–H groups in total. The molecule has 10 heavy (non-hydrogen) atoms. The van der Waals surface area contributed by atoms with Gasteiger partial charge < -0.3 is 9.84 Å². The van der Waals surface area contributed by atoms with E-state index in [-0.39, 0.29) is 0 Å². The highest BCUT2D eigenvalue weighted by Crippen LogP contribution is 1.90. The third-order valence-electron chi connectivity index (χ3n) is 1.09. The van der Waals surface area contributed by atoms with Crippen molar-refractivity contribution in [2.75, 3.05) is 21.2 Å². The lowest BCUT2D eigenvalue weighted by Crippen LogP contribution is -2.44. The molecule has 0 saturated carbocycles. The number of aliphatic hydroxyl groups is 1. The van der Waals surface area contributed by atoms with Gasteiger partial charge in [-0.3, -0.25) is 10.2 Å². The summed E-state index contributed by atoms with van der Waals surface area (Å²) < 4.78 is 4.32. The number of methoxy groups -OCH3 is 1. The van der Waals surface area contributed by atoms with Crippen LogP contribution in [0.25, 0.3) is 0 Å². The molecule has 1 amide bonds. The molecule has 0 spiro atoms. The van der Waals surface area contributed by atoms with Gasteiger partial charge in [-0.15, -0.1) is 0 Å². The first kappa shape index (κ1) is 9.19. The molecule has 0 rings (SSSR count). The molecule has 5 heteroatoms. The third-order valence-corrected chi connectivity index (χ3v) is 1.09. The van der Waals surface area contributed by atoms with Crippen LogP contribution in [0.5, 0.6) is 0 Å². The van der Waals surface area contributed by atoms with E-state index >= 15 is 0 Å². The average molecular weight is 148 g/mol. The standard InChI is InChI=1S/C5H12N2O3/c1-6-4(8)7(2)5(9)10-3/h4,6,8H,1-3H3. The molecule has 0 fully saturated rings. The van der Waals surface area contributed by atoms with Crippen molar-refractivity contribution >= 4 is 6.09 Å². The van der Waals surface area contributed by atoms with Crippen LogP contribution in [0, 0.1) is 0 Å². The van der Waals surface area contributed by atoms with Crippen molar-refractivity contribution in [2.45, 2.75) is 6.35 Å². The first-order valence-electron chi connectivity index (χ1n) is 2.79. The second-order valence-electron chi connectivity index (χ2n) is 1.74. The van der Waals surface area contributed by atoms with Crippen LogP contribution in [0.3, 0.4) is 0 Å². The van der Waals surface area contributed by atoms with Gasteiger partial charge in [0, 0.05) is 7.05 Å². The summed E-state index contributed by atoms with van der Waals surface area (Å²) in [5, 5.41) is 11.4. The lowest BCUT2D eigenvalue weighted by atomic mass is 10.7. The lowest BCUT2D eigenvalue weighted by Gasteiger charge is -2.20. The molecule has 0 aromatic rings. The number of hydrogen-bond donors (Lipinski definition) is 2. The molecule has 0 heterocycles. The van der Waals surface area contributed by atoms with E-state index in [1.54, 1.807) is 0 Å². The molecular weight excluding hydrogens is 136 g/mol. The molecule has 1 atom stereocenters. The minimum absolute atomic E-state index is 0.582. The Balaban J connectivity index is 3.81. The van der Waals surface area contributed by atoms with E-state index in [1.165, 1.54) is 21.2 Å². The molecule has 0 radical (unpaired) electrons. The highest BCUT2D eigenvalue weighted by atomic mass is 16.5. The fraction of sp³-hybridized carbons (Fsp3) is 0.800. The highest BCUT2D eigenvalue weighted by Gasteiger charge is 2.14. The van der Waals surface area contributed by atoms with Gasteiger partial charge >= 0.3 is 6.09 Å². The number of carbonyl (C=O) groups excluding carboxylic acids is 1. The Morgan fingerprint density at radius 1 is 1.80 bits per heavy atom. The maximum atomic E-state index is 10.6. The number of carbonyl (C=O) groups is 1. The number of ether oxygens (including phenoxy) is 1.